The van der Waals surface area contributed by atoms with E-state index in [9.17, 15) is 23.3 Å². The van der Waals surface area contributed by atoms with Crippen LogP contribution in [-0.2, 0) is 15.7 Å². The topological polar surface area (TPSA) is 155 Å². The Hall–Kier alpha value is -3.52. The van der Waals surface area contributed by atoms with Gasteiger partial charge in [0.2, 0.25) is 6.86 Å². The van der Waals surface area contributed by atoms with Gasteiger partial charge in [-0.1, -0.05) is 0 Å². The van der Waals surface area contributed by atoms with Crippen molar-refractivity contribution in [2.24, 2.45) is 4.99 Å². The van der Waals surface area contributed by atoms with E-state index in [0.717, 1.165) is 6.07 Å². The highest BCUT2D eigenvalue weighted by Gasteiger charge is 2.59. The van der Waals surface area contributed by atoms with Crippen molar-refractivity contribution in [3.05, 3.63) is 47.7 Å². The Kier molecular flexibility index (Phi) is 6.51. The number of amides is 2. The summed E-state index contributed by atoms with van der Waals surface area (Å²) in [6, 6.07) is 5.04. The largest absolute Gasteiger partial charge is 0.465 e. The zero-order chi connectivity index (χ0) is 26.3. The van der Waals surface area contributed by atoms with E-state index in [0.29, 0.717) is 13.0 Å². The number of fused-ring (bicyclic) bond motifs is 1. The van der Waals surface area contributed by atoms with Crippen molar-refractivity contribution in [1.82, 2.24) is 20.0 Å². The molecule has 4 rings (SSSR count). The Balaban J connectivity index is 1.73. The average Bonchev–Trinajstić information content (AvgIpc) is 3.24. The number of carbonyl (C=O) groups is 2. The van der Waals surface area contributed by atoms with E-state index in [4.69, 9.17) is 0 Å². The van der Waals surface area contributed by atoms with Gasteiger partial charge in [0.05, 0.1) is 16.2 Å². The van der Waals surface area contributed by atoms with Gasteiger partial charge in [-0.15, -0.1) is 0 Å². The molecule has 11 nitrogen and oxygen atoms in total. The van der Waals surface area contributed by atoms with E-state index < -0.39 is 50.3 Å². The molecule has 36 heavy (non-hydrogen) atoms. The molecule has 2 aromatic heterocycles. The van der Waals surface area contributed by atoms with Crippen molar-refractivity contribution >= 4 is 33.8 Å². The van der Waals surface area contributed by atoms with Crippen LogP contribution < -0.4 is 20.1 Å². The highest BCUT2D eigenvalue weighted by Crippen LogP contribution is 2.48. The molecule has 0 unspecified atom stereocenters. The third-order valence-corrected chi connectivity index (χ3v) is 10.8. The molecule has 0 spiro atoms. The molecule has 194 valence electrons. The Morgan fingerprint density at radius 3 is 2.64 bits per heavy atom. The lowest BCUT2D eigenvalue weighted by atomic mass is 9.89. The second kappa shape index (κ2) is 9.17. The number of carboxylic acid groups (broad SMARTS) is 1. The highest BCUT2D eigenvalue weighted by atomic mass is 32.3. The zero-order valence-electron chi connectivity index (χ0n) is 19.7. The monoisotopic (exact) mass is 524 g/mol. The number of anilines is 1. The number of nitrogens with zero attached hydrogens (tertiary/aromatic N) is 3. The van der Waals surface area contributed by atoms with Gasteiger partial charge in [-0.05, 0) is 61.6 Å². The molecule has 0 bridgehead atoms. The number of hydrogen-bond acceptors (Lipinski definition) is 7. The minimum Gasteiger partial charge on any atom is -0.465 e. The molecular formula is C22H26F2N6O5S. The minimum atomic E-state index is -3.35. The van der Waals surface area contributed by atoms with Crippen molar-refractivity contribution in [3.63, 3.8) is 0 Å². The normalized spacial score (nSPS) is 24.7. The lowest BCUT2D eigenvalue weighted by Crippen LogP contribution is -2.66. The molecule has 2 aromatic rings. The van der Waals surface area contributed by atoms with E-state index in [-0.39, 0.29) is 28.8 Å². The van der Waals surface area contributed by atoms with Crippen molar-refractivity contribution in [3.8, 4) is 5.75 Å². The minimum absolute atomic E-state index is 0.0166. The molecule has 1 fully saturated rings. The van der Waals surface area contributed by atoms with Crippen molar-refractivity contribution in [1.29, 1.82) is 0 Å². The summed E-state index contributed by atoms with van der Waals surface area (Å²) in [5, 5.41) is 13.4. The van der Waals surface area contributed by atoms with Gasteiger partial charge < -0.3 is 15.2 Å². The molecule has 0 aliphatic carbocycles. The number of aliphatic imine (C=N–C) groups is 1. The quantitative estimate of drug-likeness (QED) is 0.375. The van der Waals surface area contributed by atoms with E-state index in [1.54, 1.807) is 20.8 Å². The molecule has 4 N–H and O–H groups in total. The summed E-state index contributed by atoms with van der Waals surface area (Å²) in [7, 11) is -3.35. The van der Waals surface area contributed by atoms with Crippen LogP contribution in [0.2, 0.25) is 0 Å². The molecule has 0 saturated carbocycles. The fourth-order valence-electron chi connectivity index (χ4n) is 4.69. The lowest BCUT2D eigenvalue weighted by molar-refractivity contribution is 0.102. The van der Waals surface area contributed by atoms with Crippen LogP contribution in [0, 0.1) is 5.82 Å². The fraction of sp³-hybridized carbons (Fsp3) is 0.409. The van der Waals surface area contributed by atoms with Crippen LogP contribution in [-0.4, -0.2) is 60.5 Å². The first kappa shape index (κ1) is 25.6. The number of nitrogens with one attached hydrogen (secondary N) is 3. The van der Waals surface area contributed by atoms with Gasteiger partial charge >= 0.3 is 6.09 Å². The molecule has 2 aliphatic heterocycles. The summed E-state index contributed by atoms with van der Waals surface area (Å²) in [4.78, 5) is 36.9. The van der Waals surface area contributed by atoms with E-state index >= 15 is 4.39 Å². The number of alkyl halides is 1. The fourth-order valence-corrected chi connectivity index (χ4v) is 8.34. The maximum absolute atomic E-state index is 15.2. The highest BCUT2D eigenvalue weighted by molar-refractivity contribution is 8.04. The summed E-state index contributed by atoms with van der Waals surface area (Å²) in [6.07, 6.45) is 0.188. The number of rotatable bonds is 5. The summed E-state index contributed by atoms with van der Waals surface area (Å²) < 4.78 is 48.2. The van der Waals surface area contributed by atoms with Crippen LogP contribution in [0.15, 0.2) is 35.5 Å². The second-order valence-corrected chi connectivity index (χ2v) is 12.5. The van der Waals surface area contributed by atoms with Gasteiger partial charge in [0.15, 0.2) is 0 Å². The van der Waals surface area contributed by atoms with E-state index in [1.807, 2.05) is 0 Å². The summed E-state index contributed by atoms with van der Waals surface area (Å²) in [5.41, 5.74) is -1.70. The van der Waals surface area contributed by atoms with Gasteiger partial charge in [-0.2, -0.15) is 0 Å². The number of amidine groups is 1. The van der Waals surface area contributed by atoms with Crippen LogP contribution in [0.5, 0.6) is 5.75 Å². The first-order chi connectivity index (χ1) is 16.9. The van der Waals surface area contributed by atoms with E-state index in [2.05, 4.69) is 35.1 Å². The van der Waals surface area contributed by atoms with Crippen molar-refractivity contribution in [2.75, 3.05) is 18.7 Å². The van der Waals surface area contributed by atoms with Crippen LogP contribution in [0.25, 0.3) is 0 Å². The third-order valence-electron chi connectivity index (χ3n) is 6.59. The molecule has 2 aliphatic rings. The predicted molar refractivity (Wildman–Crippen MR) is 129 cm³/mol. The third kappa shape index (κ3) is 4.19. The van der Waals surface area contributed by atoms with Crippen LogP contribution in [0.3, 0.4) is 0 Å². The van der Waals surface area contributed by atoms with Crippen LogP contribution in [0.1, 0.15) is 43.4 Å². The molecule has 2 atom stereocenters. The second-order valence-electron chi connectivity index (χ2n) is 9.08. The van der Waals surface area contributed by atoms with Gasteiger partial charge in [-0.25, -0.2) is 23.5 Å². The number of hydrogen-bond donors (Lipinski definition) is 5. The Morgan fingerprint density at radius 1 is 1.25 bits per heavy atom. The maximum Gasteiger partial charge on any atom is 0.410 e. The molecule has 1 saturated heterocycles. The van der Waals surface area contributed by atoms with Crippen molar-refractivity contribution < 1.29 is 32.4 Å². The molecule has 2 amide bonds. The molecular weight excluding hydrogens is 498 g/mol. The standard InChI is InChI=1S/C22H26F2N6O5S/c1-21(2)19(29-20(32)33)30-22(3,15-8-9-26-36(15,21)34)17-13(24)5-7-16(27-17)28-18(31)14-6-4-12(10-25-14)35-11-23/h4-7,10,15,36H,8-9,11H2,1-3H3,(H,26,34)(H,29,30)(H,32,33)(H,27,28,31)/t15-,22-/m0/s1. The predicted octanol–water partition coefficient (Wildman–Crippen LogP) is 2.14. The van der Waals surface area contributed by atoms with Crippen molar-refractivity contribution in [2.45, 2.75) is 42.7 Å². The lowest BCUT2D eigenvalue weighted by Gasteiger charge is -2.50. The first-order valence-electron chi connectivity index (χ1n) is 11.0. The average molecular weight is 525 g/mol. The summed E-state index contributed by atoms with van der Waals surface area (Å²) in [6.45, 7) is 4.15. The Labute approximate surface area is 206 Å². The number of halogens is 2. The first-order valence-corrected chi connectivity index (χ1v) is 12.8. The molecule has 14 heteroatoms. The maximum atomic E-state index is 15.2. The zero-order valence-corrected chi connectivity index (χ0v) is 20.6. The summed E-state index contributed by atoms with van der Waals surface area (Å²) >= 11 is 0. The van der Waals surface area contributed by atoms with E-state index in [1.165, 1.54) is 24.4 Å². The van der Waals surface area contributed by atoms with Gasteiger partial charge in [0.25, 0.3) is 5.91 Å². The van der Waals surface area contributed by atoms with Crippen LogP contribution in [0.4, 0.5) is 19.4 Å². The SMILES string of the molecule is CC1(C)C(NC(=O)O)=N[C@](C)(c2nc(NC(=O)c3ccc(OCF)cn3)ccc2F)[C@@H]2CCN[SH]21=O. The molecule has 0 aromatic carbocycles. The number of thiol groups is 1. The number of ether oxygens (including phenoxy) is 1. The van der Waals surface area contributed by atoms with Crippen LogP contribution >= 0.6 is 0 Å². The Bertz CT molecular complexity index is 1290. The number of carbonyl (C=O) groups excluding carboxylic acids is 1. The molecule has 0 radical (unpaired) electrons. The van der Waals surface area contributed by atoms with Gasteiger partial charge in [0, 0.05) is 6.54 Å². The van der Waals surface area contributed by atoms with Gasteiger partial charge in [0.1, 0.15) is 40.1 Å². The smallest absolute Gasteiger partial charge is 0.410 e. The number of pyridine rings is 2. The summed E-state index contributed by atoms with van der Waals surface area (Å²) in [5.74, 6) is -1.36. The number of aromatic nitrogens is 2. The van der Waals surface area contributed by atoms with Gasteiger partial charge in [-0.3, -0.25) is 24.0 Å². The Morgan fingerprint density at radius 2 is 2.00 bits per heavy atom. The molecule has 4 heterocycles.